The van der Waals surface area contributed by atoms with Gasteiger partial charge in [0.25, 0.3) is 0 Å². The highest BCUT2D eigenvalue weighted by molar-refractivity contribution is 6.33. The van der Waals surface area contributed by atoms with E-state index in [9.17, 15) is 9.59 Å². The number of carbonyl (C=O) groups is 2. The van der Waals surface area contributed by atoms with E-state index in [0.29, 0.717) is 35.1 Å². The SMILES string of the molecule is CCCCCCCCCOC(=O)CCCCCCCCC(=O)OCc1cc(Cl)ccc1Cl. The fraction of sp³-hybridized carbons (Fsp3) is 0.692. The van der Waals surface area contributed by atoms with Crippen LogP contribution in [0.15, 0.2) is 18.2 Å². The van der Waals surface area contributed by atoms with Crippen molar-refractivity contribution in [3.8, 4) is 0 Å². The predicted octanol–water partition coefficient (Wildman–Crippen LogP) is 8.45. The van der Waals surface area contributed by atoms with Crippen molar-refractivity contribution in [1.29, 1.82) is 0 Å². The van der Waals surface area contributed by atoms with Crippen molar-refractivity contribution in [2.75, 3.05) is 6.61 Å². The quantitative estimate of drug-likeness (QED) is 0.145. The summed E-state index contributed by atoms with van der Waals surface area (Å²) in [6.07, 6.45) is 15.3. The van der Waals surface area contributed by atoms with Crippen LogP contribution in [0.3, 0.4) is 0 Å². The first-order chi connectivity index (χ1) is 15.5. The van der Waals surface area contributed by atoms with Crippen molar-refractivity contribution in [3.63, 3.8) is 0 Å². The van der Waals surface area contributed by atoms with Crippen molar-refractivity contribution in [2.24, 2.45) is 0 Å². The van der Waals surface area contributed by atoms with Crippen LogP contribution in [0, 0.1) is 0 Å². The fourth-order valence-electron chi connectivity index (χ4n) is 3.45. The van der Waals surface area contributed by atoms with Gasteiger partial charge in [-0.15, -0.1) is 0 Å². The number of rotatable bonds is 19. The minimum absolute atomic E-state index is 0.0708. The van der Waals surface area contributed by atoms with E-state index < -0.39 is 0 Å². The number of hydrogen-bond acceptors (Lipinski definition) is 4. The number of benzene rings is 1. The first kappa shape index (κ1) is 28.8. The van der Waals surface area contributed by atoms with Gasteiger partial charge in [0.05, 0.1) is 6.61 Å². The van der Waals surface area contributed by atoms with Crippen LogP contribution in [-0.4, -0.2) is 18.5 Å². The molecular weight excluding hydrogens is 447 g/mol. The van der Waals surface area contributed by atoms with Crippen LogP contribution in [0.25, 0.3) is 0 Å². The molecule has 0 heterocycles. The van der Waals surface area contributed by atoms with Gasteiger partial charge >= 0.3 is 11.9 Å². The zero-order chi connectivity index (χ0) is 23.4. The molecule has 0 fully saturated rings. The number of ether oxygens (including phenoxy) is 2. The lowest BCUT2D eigenvalue weighted by molar-refractivity contribution is -0.145. The molecular formula is C26H40Cl2O4. The summed E-state index contributed by atoms with van der Waals surface area (Å²) in [5.41, 5.74) is 0.716. The summed E-state index contributed by atoms with van der Waals surface area (Å²) in [7, 11) is 0. The van der Waals surface area contributed by atoms with Gasteiger partial charge in [-0.05, 0) is 37.5 Å². The van der Waals surface area contributed by atoms with E-state index in [1.165, 1.54) is 32.1 Å². The van der Waals surface area contributed by atoms with E-state index in [-0.39, 0.29) is 18.5 Å². The molecule has 0 spiro atoms. The Morgan fingerprint density at radius 1 is 0.719 bits per heavy atom. The van der Waals surface area contributed by atoms with Crippen LogP contribution in [-0.2, 0) is 25.7 Å². The molecule has 4 nitrogen and oxygen atoms in total. The van der Waals surface area contributed by atoms with Gasteiger partial charge in [0, 0.05) is 28.5 Å². The molecule has 1 aromatic rings. The Balaban J connectivity index is 1.89. The maximum Gasteiger partial charge on any atom is 0.306 e. The molecule has 32 heavy (non-hydrogen) atoms. The van der Waals surface area contributed by atoms with Crippen molar-refractivity contribution in [3.05, 3.63) is 33.8 Å². The highest BCUT2D eigenvalue weighted by atomic mass is 35.5. The molecule has 1 aromatic carbocycles. The molecule has 0 atom stereocenters. The first-order valence-electron chi connectivity index (χ1n) is 12.3. The summed E-state index contributed by atoms with van der Waals surface area (Å²) >= 11 is 12.0. The van der Waals surface area contributed by atoms with Gasteiger partial charge < -0.3 is 9.47 Å². The van der Waals surface area contributed by atoms with Gasteiger partial charge in [0.15, 0.2) is 0 Å². The van der Waals surface area contributed by atoms with E-state index in [0.717, 1.165) is 51.4 Å². The summed E-state index contributed by atoms with van der Waals surface area (Å²) in [5, 5.41) is 1.12. The standard InChI is InChI=1S/C26H40Cl2O4/c1-2-3-4-5-8-11-14-19-31-25(29)15-12-9-6-7-10-13-16-26(30)32-21-22-20-23(27)17-18-24(22)28/h17-18,20H,2-16,19,21H2,1H3. The zero-order valence-corrected chi connectivity index (χ0v) is 21.2. The molecule has 1 rings (SSSR count). The Labute approximate surface area is 204 Å². The summed E-state index contributed by atoms with van der Waals surface area (Å²) < 4.78 is 10.6. The first-order valence-corrected chi connectivity index (χ1v) is 13.0. The Morgan fingerprint density at radius 3 is 1.88 bits per heavy atom. The molecule has 0 aliphatic heterocycles. The smallest absolute Gasteiger partial charge is 0.306 e. The maximum absolute atomic E-state index is 11.9. The molecule has 0 N–H and O–H groups in total. The summed E-state index contributed by atoms with van der Waals surface area (Å²) in [6, 6.07) is 5.11. The van der Waals surface area contributed by atoms with Crippen LogP contribution in [0.5, 0.6) is 0 Å². The van der Waals surface area contributed by atoms with E-state index in [1.807, 2.05) is 0 Å². The van der Waals surface area contributed by atoms with Crippen molar-refractivity contribution in [1.82, 2.24) is 0 Å². The summed E-state index contributed by atoms with van der Waals surface area (Å²) in [4.78, 5) is 23.6. The van der Waals surface area contributed by atoms with Crippen molar-refractivity contribution >= 4 is 35.1 Å². The largest absolute Gasteiger partial charge is 0.466 e. The maximum atomic E-state index is 11.9. The molecule has 182 valence electrons. The van der Waals surface area contributed by atoms with Gasteiger partial charge in [0.2, 0.25) is 0 Å². The molecule has 0 amide bonds. The lowest BCUT2D eigenvalue weighted by Gasteiger charge is -2.07. The Hall–Kier alpha value is -1.26. The zero-order valence-electron chi connectivity index (χ0n) is 19.6. The monoisotopic (exact) mass is 486 g/mol. The second kappa shape index (κ2) is 19.2. The minimum atomic E-state index is -0.218. The van der Waals surface area contributed by atoms with Crippen molar-refractivity contribution < 1.29 is 19.1 Å². The van der Waals surface area contributed by atoms with Crippen LogP contribution in [0.4, 0.5) is 0 Å². The molecule has 0 unspecified atom stereocenters. The van der Waals surface area contributed by atoms with Crippen LogP contribution < -0.4 is 0 Å². The second-order valence-corrected chi connectivity index (χ2v) is 9.20. The predicted molar refractivity (Wildman–Crippen MR) is 132 cm³/mol. The second-order valence-electron chi connectivity index (χ2n) is 8.36. The normalized spacial score (nSPS) is 10.8. The lowest BCUT2D eigenvalue weighted by atomic mass is 10.1. The fourth-order valence-corrected chi connectivity index (χ4v) is 3.81. The lowest BCUT2D eigenvalue weighted by Crippen LogP contribution is -2.05. The number of carbonyl (C=O) groups excluding carboxylic acids is 2. The highest BCUT2D eigenvalue weighted by Gasteiger charge is 2.07. The van der Waals surface area contributed by atoms with Gasteiger partial charge in [-0.2, -0.15) is 0 Å². The van der Waals surface area contributed by atoms with Gasteiger partial charge in [-0.25, -0.2) is 0 Å². The molecule has 0 aliphatic carbocycles. The molecule has 0 saturated carbocycles. The number of unbranched alkanes of at least 4 members (excludes halogenated alkanes) is 11. The number of halogens is 2. The van der Waals surface area contributed by atoms with E-state index in [2.05, 4.69) is 6.92 Å². The highest BCUT2D eigenvalue weighted by Crippen LogP contribution is 2.21. The molecule has 0 aliphatic rings. The molecule has 0 saturated heterocycles. The molecule has 0 aromatic heterocycles. The topological polar surface area (TPSA) is 52.6 Å². The summed E-state index contributed by atoms with van der Waals surface area (Å²) in [5.74, 6) is -0.289. The Bertz CT molecular complexity index is 649. The van der Waals surface area contributed by atoms with E-state index >= 15 is 0 Å². The minimum Gasteiger partial charge on any atom is -0.466 e. The van der Waals surface area contributed by atoms with Crippen LogP contribution in [0.1, 0.15) is 109 Å². The third-order valence-corrected chi connectivity index (χ3v) is 6.02. The number of hydrogen-bond donors (Lipinski definition) is 0. The third-order valence-electron chi connectivity index (χ3n) is 5.42. The average molecular weight is 488 g/mol. The molecule has 0 bridgehead atoms. The third kappa shape index (κ3) is 15.5. The average Bonchev–Trinajstić information content (AvgIpc) is 2.78. The van der Waals surface area contributed by atoms with Gasteiger partial charge in [0.1, 0.15) is 6.61 Å². The Kier molecular flexibility index (Phi) is 17.3. The number of esters is 2. The van der Waals surface area contributed by atoms with Gasteiger partial charge in [-0.3, -0.25) is 9.59 Å². The van der Waals surface area contributed by atoms with Crippen LogP contribution in [0.2, 0.25) is 10.0 Å². The van der Waals surface area contributed by atoms with E-state index in [1.54, 1.807) is 18.2 Å². The van der Waals surface area contributed by atoms with Gasteiger partial charge in [-0.1, -0.05) is 94.3 Å². The van der Waals surface area contributed by atoms with Crippen molar-refractivity contribution in [2.45, 2.75) is 110 Å². The summed E-state index contributed by atoms with van der Waals surface area (Å²) in [6.45, 7) is 2.93. The Morgan fingerprint density at radius 2 is 1.25 bits per heavy atom. The molecule has 6 heteroatoms. The van der Waals surface area contributed by atoms with Crippen LogP contribution >= 0.6 is 23.2 Å². The molecule has 0 radical (unpaired) electrons. The van der Waals surface area contributed by atoms with E-state index in [4.69, 9.17) is 32.7 Å².